The molecule has 1 aromatic rings. The van der Waals surface area contributed by atoms with E-state index in [1.54, 1.807) is 38.1 Å². The van der Waals surface area contributed by atoms with E-state index < -0.39 is 17.4 Å². The standard InChI is InChI=1S/C17H25N3O4/c1-6-17(4,15(22)24-5)20-14(21)12-8-7-9-13(10-12)19-16(23)18-11(2)3/h7-11H,6H2,1-5H3,(H,20,21)(H2,18,19,23)/t17-/m0/s1. The minimum Gasteiger partial charge on any atom is -0.467 e. The predicted octanol–water partition coefficient (Wildman–Crippen LogP) is 2.29. The number of methoxy groups -OCH3 is 1. The van der Waals surface area contributed by atoms with Crippen molar-refractivity contribution in [3.8, 4) is 0 Å². The number of anilines is 1. The molecule has 0 heterocycles. The number of ether oxygens (including phenoxy) is 1. The molecule has 0 bridgehead atoms. The van der Waals surface area contributed by atoms with Crippen LogP contribution < -0.4 is 16.0 Å². The first-order valence-corrected chi connectivity index (χ1v) is 7.80. The number of urea groups is 1. The highest BCUT2D eigenvalue weighted by Gasteiger charge is 2.34. The van der Waals surface area contributed by atoms with E-state index in [2.05, 4.69) is 16.0 Å². The normalized spacial score (nSPS) is 12.9. The molecule has 1 aromatic carbocycles. The highest BCUT2D eigenvalue weighted by molar-refractivity contribution is 5.99. The average Bonchev–Trinajstić information content (AvgIpc) is 2.53. The third-order valence-corrected chi connectivity index (χ3v) is 3.53. The van der Waals surface area contributed by atoms with E-state index in [-0.39, 0.29) is 12.1 Å². The van der Waals surface area contributed by atoms with Crippen molar-refractivity contribution in [2.45, 2.75) is 45.7 Å². The number of esters is 1. The molecule has 0 saturated heterocycles. The summed E-state index contributed by atoms with van der Waals surface area (Å²) >= 11 is 0. The van der Waals surface area contributed by atoms with E-state index in [9.17, 15) is 14.4 Å². The quantitative estimate of drug-likeness (QED) is 0.695. The van der Waals surface area contributed by atoms with Gasteiger partial charge in [0.15, 0.2) is 0 Å². The molecule has 3 amide bonds. The van der Waals surface area contributed by atoms with Crippen molar-refractivity contribution < 1.29 is 19.1 Å². The Morgan fingerprint density at radius 3 is 2.46 bits per heavy atom. The third kappa shape index (κ3) is 5.26. The van der Waals surface area contributed by atoms with Crippen molar-refractivity contribution in [2.75, 3.05) is 12.4 Å². The molecule has 0 spiro atoms. The Bertz CT molecular complexity index is 616. The molecule has 0 radical (unpaired) electrons. The van der Waals surface area contributed by atoms with Crippen molar-refractivity contribution in [3.05, 3.63) is 29.8 Å². The van der Waals surface area contributed by atoms with Gasteiger partial charge in [0, 0.05) is 17.3 Å². The lowest BCUT2D eigenvalue weighted by molar-refractivity contribution is -0.147. The van der Waals surface area contributed by atoms with Crippen molar-refractivity contribution in [2.24, 2.45) is 0 Å². The number of carbonyl (C=O) groups is 3. The van der Waals surface area contributed by atoms with Gasteiger partial charge in [0.2, 0.25) is 0 Å². The first kappa shape index (κ1) is 19.5. The van der Waals surface area contributed by atoms with Crippen LogP contribution >= 0.6 is 0 Å². The third-order valence-electron chi connectivity index (χ3n) is 3.53. The first-order chi connectivity index (χ1) is 11.2. The Labute approximate surface area is 142 Å². The first-order valence-electron chi connectivity index (χ1n) is 7.80. The summed E-state index contributed by atoms with van der Waals surface area (Å²) in [5, 5.41) is 8.04. The summed E-state index contributed by atoms with van der Waals surface area (Å²) in [5.41, 5.74) is -0.289. The maximum absolute atomic E-state index is 12.4. The van der Waals surface area contributed by atoms with Gasteiger partial charge < -0.3 is 20.7 Å². The zero-order valence-corrected chi connectivity index (χ0v) is 14.7. The smallest absolute Gasteiger partial charge is 0.331 e. The van der Waals surface area contributed by atoms with E-state index in [0.29, 0.717) is 17.7 Å². The largest absolute Gasteiger partial charge is 0.467 e. The molecule has 1 atom stereocenters. The van der Waals surface area contributed by atoms with Gasteiger partial charge in [-0.2, -0.15) is 0 Å². The van der Waals surface area contributed by atoms with Gasteiger partial charge in [0.05, 0.1) is 7.11 Å². The fraction of sp³-hybridized carbons (Fsp3) is 0.471. The molecular formula is C17H25N3O4. The lowest BCUT2D eigenvalue weighted by Crippen LogP contribution is -2.52. The van der Waals surface area contributed by atoms with E-state index >= 15 is 0 Å². The average molecular weight is 335 g/mol. The minimum atomic E-state index is -1.11. The van der Waals surface area contributed by atoms with E-state index in [0.717, 1.165) is 0 Å². The topological polar surface area (TPSA) is 96.5 Å². The predicted molar refractivity (Wildman–Crippen MR) is 91.9 cm³/mol. The molecule has 0 saturated carbocycles. The summed E-state index contributed by atoms with van der Waals surface area (Å²) < 4.78 is 4.74. The Kier molecular flexibility index (Phi) is 6.76. The number of benzene rings is 1. The Balaban J connectivity index is 2.87. The van der Waals surface area contributed by atoms with Crippen LogP contribution in [0.3, 0.4) is 0 Å². The molecular weight excluding hydrogens is 310 g/mol. The number of nitrogens with one attached hydrogen (secondary N) is 3. The van der Waals surface area contributed by atoms with Gasteiger partial charge in [-0.15, -0.1) is 0 Å². The van der Waals surface area contributed by atoms with Crippen LogP contribution in [0, 0.1) is 0 Å². The molecule has 0 aliphatic rings. The van der Waals surface area contributed by atoms with Crippen molar-refractivity contribution >= 4 is 23.6 Å². The summed E-state index contributed by atoms with van der Waals surface area (Å²) in [6.45, 7) is 7.09. The molecule has 24 heavy (non-hydrogen) atoms. The second-order valence-corrected chi connectivity index (χ2v) is 5.97. The van der Waals surface area contributed by atoms with Gasteiger partial charge in [0.25, 0.3) is 5.91 Å². The summed E-state index contributed by atoms with van der Waals surface area (Å²) in [4.78, 5) is 36.0. The van der Waals surface area contributed by atoms with E-state index in [1.807, 2.05) is 13.8 Å². The SMILES string of the molecule is CC[C@](C)(NC(=O)c1cccc(NC(=O)NC(C)C)c1)C(=O)OC. The molecule has 132 valence electrons. The Hall–Kier alpha value is -2.57. The van der Waals surface area contributed by atoms with Gasteiger partial charge in [-0.3, -0.25) is 4.79 Å². The summed E-state index contributed by atoms with van der Waals surface area (Å²) in [7, 11) is 1.28. The molecule has 3 N–H and O–H groups in total. The number of carbonyl (C=O) groups excluding carboxylic acids is 3. The monoisotopic (exact) mass is 335 g/mol. The summed E-state index contributed by atoms with van der Waals surface area (Å²) in [6, 6.07) is 6.13. The number of hydrogen-bond donors (Lipinski definition) is 3. The molecule has 7 heteroatoms. The van der Waals surface area contributed by atoms with Crippen LogP contribution in [0.15, 0.2) is 24.3 Å². The summed E-state index contributed by atoms with van der Waals surface area (Å²) in [6.07, 6.45) is 0.389. The summed E-state index contributed by atoms with van der Waals surface area (Å²) in [5.74, 6) is -0.929. The van der Waals surface area contributed by atoms with Gasteiger partial charge in [-0.1, -0.05) is 13.0 Å². The van der Waals surface area contributed by atoms with Crippen LogP contribution in [-0.2, 0) is 9.53 Å². The lowest BCUT2D eigenvalue weighted by atomic mass is 9.98. The molecule has 7 nitrogen and oxygen atoms in total. The van der Waals surface area contributed by atoms with Gasteiger partial charge in [-0.25, -0.2) is 9.59 Å². The minimum absolute atomic E-state index is 0.00167. The zero-order valence-electron chi connectivity index (χ0n) is 14.7. The molecule has 0 aromatic heterocycles. The lowest BCUT2D eigenvalue weighted by Gasteiger charge is -2.26. The molecule has 0 unspecified atom stereocenters. The fourth-order valence-corrected chi connectivity index (χ4v) is 2.00. The maximum atomic E-state index is 12.4. The molecule has 0 fully saturated rings. The molecule has 1 rings (SSSR count). The maximum Gasteiger partial charge on any atom is 0.331 e. The second kappa shape index (κ2) is 8.33. The number of rotatable bonds is 6. The second-order valence-electron chi connectivity index (χ2n) is 5.97. The Morgan fingerprint density at radius 2 is 1.92 bits per heavy atom. The molecule has 0 aliphatic heterocycles. The highest BCUT2D eigenvalue weighted by Crippen LogP contribution is 2.15. The van der Waals surface area contributed by atoms with Crippen molar-refractivity contribution in [1.29, 1.82) is 0 Å². The zero-order chi connectivity index (χ0) is 18.3. The van der Waals surface area contributed by atoms with Gasteiger partial charge >= 0.3 is 12.0 Å². The van der Waals surface area contributed by atoms with E-state index in [1.165, 1.54) is 7.11 Å². The van der Waals surface area contributed by atoms with Crippen molar-refractivity contribution in [1.82, 2.24) is 10.6 Å². The fourth-order valence-electron chi connectivity index (χ4n) is 2.00. The van der Waals surface area contributed by atoms with Crippen LogP contribution in [0.1, 0.15) is 44.5 Å². The van der Waals surface area contributed by atoms with Crippen LogP contribution in [0.4, 0.5) is 10.5 Å². The van der Waals surface area contributed by atoms with E-state index in [4.69, 9.17) is 4.74 Å². The van der Waals surface area contributed by atoms with Gasteiger partial charge in [0.1, 0.15) is 5.54 Å². The van der Waals surface area contributed by atoms with Crippen LogP contribution in [-0.4, -0.2) is 36.6 Å². The van der Waals surface area contributed by atoms with Gasteiger partial charge in [-0.05, 0) is 45.4 Å². The van der Waals surface area contributed by atoms with Crippen LogP contribution in [0.2, 0.25) is 0 Å². The number of amides is 3. The van der Waals surface area contributed by atoms with Crippen LogP contribution in [0.5, 0.6) is 0 Å². The highest BCUT2D eigenvalue weighted by atomic mass is 16.5. The van der Waals surface area contributed by atoms with Crippen molar-refractivity contribution in [3.63, 3.8) is 0 Å². The molecule has 0 aliphatic carbocycles. The number of hydrogen-bond acceptors (Lipinski definition) is 4. The van der Waals surface area contributed by atoms with Crippen LogP contribution in [0.25, 0.3) is 0 Å². The Morgan fingerprint density at radius 1 is 1.25 bits per heavy atom.